The van der Waals surface area contributed by atoms with Crippen molar-refractivity contribution in [2.45, 2.75) is 13.0 Å². The van der Waals surface area contributed by atoms with Crippen LogP contribution < -0.4 is 0 Å². The van der Waals surface area contributed by atoms with E-state index in [1.54, 1.807) is 0 Å². The van der Waals surface area contributed by atoms with Crippen LogP contribution in [0.4, 0.5) is 0 Å². The lowest BCUT2D eigenvalue weighted by atomic mass is 9.85. The van der Waals surface area contributed by atoms with E-state index >= 15 is 0 Å². The van der Waals surface area contributed by atoms with E-state index < -0.39 is 0 Å². The van der Waals surface area contributed by atoms with Crippen LogP contribution in [0.25, 0.3) is 0 Å². The lowest BCUT2D eigenvalue weighted by molar-refractivity contribution is -0.193. The van der Waals surface area contributed by atoms with Gasteiger partial charge in [0, 0.05) is 0 Å². The average molecular weight is 269 g/mol. The zero-order valence-electron chi connectivity index (χ0n) is 10.9. The molecule has 0 spiro atoms. The topological polar surface area (TPSA) is 46.6 Å². The SMILES string of the molecule is O=C1C2C(C(=O)N1OCc1ccccc1)[C@H]1C=C[C@@H]2C1. The first-order valence-electron chi connectivity index (χ1n) is 6.98. The molecule has 3 aliphatic rings. The Labute approximate surface area is 117 Å². The summed E-state index contributed by atoms with van der Waals surface area (Å²) in [5, 5.41) is 1.01. The smallest absolute Gasteiger partial charge is 0.258 e. The zero-order chi connectivity index (χ0) is 13.7. The van der Waals surface area contributed by atoms with Gasteiger partial charge in [-0.2, -0.15) is 5.06 Å². The Hall–Kier alpha value is -1.94. The largest absolute Gasteiger partial charge is 0.272 e. The molecule has 4 nitrogen and oxygen atoms in total. The minimum atomic E-state index is -0.187. The molecule has 2 bridgehead atoms. The van der Waals surface area contributed by atoms with Crippen LogP contribution in [0.1, 0.15) is 12.0 Å². The summed E-state index contributed by atoms with van der Waals surface area (Å²) in [6, 6.07) is 9.56. The van der Waals surface area contributed by atoms with Gasteiger partial charge in [0.15, 0.2) is 0 Å². The Bertz CT molecular complexity index is 565. The third kappa shape index (κ3) is 1.58. The highest BCUT2D eigenvalue weighted by Crippen LogP contribution is 2.52. The predicted octanol–water partition coefficient (Wildman–Crippen LogP) is 1.93. The van der Waals surface area contributed by atoms with Gasteiger partial charge in [0.05, 0.1) is 11.8 Å². The van der Waals surface area contributed by atoms with Crippen molar-refractivity contribution in [3.05, 3.63) is 48.0 Å². The van der Waals surface area contributed by atoms with E-state index in [1.807, 2.05) is 30.3 Å². The van der Waals surface area contributed by atoms with Gasteiger partial charge in [-0.3, -0.25) is 14.4 Å². The van der Waals surface area contributed by atoms with Crippen LogP contribution >= 0.6 is 0 Å². The highest BCUT2D eigenvalue weighted by atomic mass is 16.7. The number of imide groups is 1. The summed E-state index contributed by atoms with van der Waals surface area (Å²) in [4.78, 5) is 30.2. The maximum absolute atomic E-state index is 12.4. The second-order valence-corrected chi connectivity index (χ2v) is 5.73. The van der Waals surface area contributed by atoms with Crippen molar-refractivity contribution in [1.29, 1.82) is 0 Å². The summed E-state index contributed by atoms with van der Waals surface area (Å²) in [6.45, 7) is 0.251. The molecule has 0 N–H and O–H groups in total. The number of hydrogen-bond donors (Lipinski definition) is 0. The fourth-order valence-corrected chi connectivity index (χ4v) is 3.72. The molecule has 2 amide bonds. The number of carbonyl (C=O) groups is 2. The number of allylic oxidation sites excluding steroid dienone is 2. The monoisotopic (exact) mass is 269 g/mol. The Morgan fingerprint density at radius 1 is 1.00 bits per heavy atom. The minimum Gasteiger partial charge on any atom is -0.272 e. The molecule has 4 heteroatoms. The molecule has 1 aromatic rings. The number of hydroxylamine groups is 2. The maximum Gasteiger partial charge on any atom is 0.258 e. The Morgan fingerprint density at radius 3 is 2.20 bits per heavy atom. The first kappa shape index (κ1) is 11.9. The Balaban J connectivity index is 1.51. The summed E-state index contributed by atoms with van der Waals surface area (Å²) in [5.74, 6) is -0.236. The van der Waals surface area contributed by atoms with Gasteiger partial charge in [-0.1, -0.05) is 42.5 Å². The molecule has 4 atom stereocenters. The molecule has 2 fully saturated rings. The summed E-state index contributed by atoms with van der Waals surface area (Å²) in [7, 11) is 0. The van der Waals surface area contributed by atoms with E-state index in [9.17, 15) is 9.59 Å². The van der Waals surface area contributed by atoms with Crippen LogP contribution in [0.3, 0.4) is 0 Å². The highest BCUT2D eigenvalue weighted by Gasteiger charge is 2.60. The standard InChI is InChI=1S/C16H15NO3/c18-15-13-11-6-7-12(8-11)14(13)16(19)17(15)20-9-10-4-2-1-3-5-10/h1-7,11-14H,8-9H2/t11-,12+,13?,14?. The fourth-order valence-electron chi connectivity index (χ4n) is 3.72. The van der Waals surface area contributed by atoms with E-state index in [1.165, 1.54) is 0 Å². The molecule has 1 aliphatic heterocycles. The Morgan fingerprint density at radius 2 is 1.60 bits per heavy atom. The number of fused-ring (bicyclic) bond motifs is 5. The van der Waals surface area contributed by atoms with Crippen LogP contribution in [0, 0.1) is 23.7 Å². The number of benzene rings is 1. The van der Waals surface area contributed by atoms with Crippen molar-refractivity contribution in [2.75, 3.05) is 0 Å². The van der Waals surface area contributed by atoms with Crippen molar-refractivity contribution in [2.24, 2.45) is 23.7 Å². The maximum atomic E-state index is 12.4. The molecule has 1 heterocycles. The quantitative estimate of drug-likeness (QED) is 0.622. The molecule has 0 aromatic heterocycles. The molecule has 20 heavy (non-hydrogen) atoms. The number of nitrogens with zero attached hydrogens (tertiary/aromatic N) is 1. The normalized spacial score (nSPS) is 34.1. The fraction of sp³-hybridized carbons (Fsp3) is 0.375. The van der Waals surface area contributed by atoms with E-state index in [4.69, 9.17) is 4.84 Å². The van der Waals surface area contributed by atoms with Crippen molar-refractivity contribution >= 4 is 11.8 Å². The van der Waals surface area contributed by atoms with E-state index in [-0.39, 0.29) is 42.1 Å². The molecule has 102 valence electrons. The second kappa shape index (κ2) is 4.28. The van der Waals surface area contributed by atoms with Crippen LogP contribution in [0.15, 0.2) is 42.5 Å². The van der Waals surface area contributed by atoms with Gasteiger partial charge in [-0.05, 0) is 23.8 Å². The van der Waals surface area contributed by atoms with Crippen molar-refractivity contribution in [1.82, 2.24) is 5.06 Å². The first-order valence-corrected chi connectivity index (χ1v) is 6.98. The number of amides is 2. The van der Waals surface area contributed by atoms with Crippen molar-refractivity contribution in [3.63, 3.8) is 0 Å². The van der Waals surface area contributed by atoms with Gasteiger partial charge in [0.25, 0.3) is 11.8 Å². The molecule has 4 rings (SSSR count). The highest BCUT2D eigenvalue weighted by molar-refractivity contribution is 6.05. The van der Waals surface area contributed by atoms with Gasteiger partial charge < -0.3 is 0 Å². The summed E-state index contributed by atoms with van der Waals surface area (Å²) < 4.78 is 0. The molecule has 2 aliphatic carbocycles. The summed E-state index contributed by atoms with van der Waals surface area (Å²) in [6.07, 6.45) is 5.11. The number of carbonyl (C=O) groups excluding carboxylic acids is 2. The molecule has 0 radical (unpaired) electrons. The van der Waals surface area contributed by atoms with E-state index in [2.05, 4.69) is 12.2 Å². The molecule has 1 saturated carbocycles. The third-order valence-corrected chi connectivity index (χ3v) is 4.63. The molecule has 1 saturated heterocycles. The van der Waals surface area contributed by atoms with Crippen LogP contribution in [0.5, 0.6) is 0 Å². The molecular formula is C16H15NO3. The zero-order valence-corrected chi connectivity index (χ0v) is 10.9. The Kier molecular flexibility index (Phi) is 2.54. The molecule has 1 aromatic carbocycles. The van der Waals surface area contributed by atoms with Crippen LogP contribution in [0.2, 0.25) is 0 Å². The lowest BCUT2D eigenvalue weighted by Gasteiger charge is -2.16. The average Bonchev–Trinajstić information content (AvgIpc) is 3.13. The number of hydrogen-bond acceptors (Lipinski definition) is 3. The first-order chi connectivity index (χ1) is 9.75. The summed E-state index contributed by atoms with van der Waals surface area (Å²) >= 11 is 0. The van der Waals surface area contributed by atoms with Gasteiger partial charge >= 0.3 is 0 Å². The van der Waals surface area contributed by atoms with Crippen molar-refractivity contribution in [3.8, 4) is 0 Å². The predicted molar refractivity (Wildman–Crippen MR) is 70.8 cm³/mol. The number of rotatable bonds is 3. The van der Waals surface area contributed by atoms with Crippen LogP contribution in [-0.4, -0.2) is 16.9 Å². The van der Waals surface area contributed by atoms with Crippen LogP contribution in [-0.2, 0) is 21.0 Å². The molecule has 2 unspecified atom stereocenters. The lowest BCUT2D eigenvalue weighted by Crippen LogP contribution is -2.32. The second-order valence-electron chi connectivity index (χ2n) is 5.73. The van der Waals surface area contributed by atoms with Crippen molar-refractivity contribution < 1.29 is 14.4 Å². The van der Waals surface area contributed by atoms with Gasteiger partial charge in [0.2, 0.25) is 0 Å². The third-order valence-electron chi connectivity index (χ3n) is 4.63. The van der Waals surface area contributed by atoms with Gasteiger partial charge in [-0.15, -0.1) is 0 Å². The molecular weight excluding hydrogens is 254 g/mol. The van der Waals surface area contributed by atoms with E-state index in [0.29, 0.717) is 0 Å². The van der Waals surface area contributed by atoms with Gasteiger partial charge in [-0.25, -0.2) is 0 Å². The van der Waals surface area contributed by atoms with Gasteiger partial charge in [0.1, 0.15) is 6.61 Å². The summed E-state index contributed by atoms with van der Waals surface area (Å²) in [5.41, 5.74) is 0.950. The minimum absolute atomic E-state index is 0.159. The van der Waals surface area contributed by atoms with E-state index in [0.717, 1.165) is 17.0 Å².